The Kier molecular flexibility index (Phi) is 25.9. The molecule has 5 aromatic carbocycles. The van der Waals surface area contributed by atoms with Crippen LogP contribution in [0, 0.1) is 11.8 Å². The van der Waals surface area contributed by atoms with E-state index in [1.807, 2.05) is 166 Å². The number of imidazole rings is 4. The summed E-state index contributed by atoms with van der Waals surface area (Å²) in [6, 6.07) is 62.6. The van der Waals surface area contributed by atoms with Gasteiger partial charge in [0.05, 0.1) is 115 Å². The molecular weight excluding hydrogens is 1850 g/mol. The number of nitrogens with zero attached hydrogens (tertiary/aromatic N) is 20. The van der Waals surface area contributed by atoms with Crippen LogP contribution < -0.4 is 21.3 Å². The lowest BCUT2D eigenvalue weighted by Gasteiger charge is -2.11. The third kappa shape index (κ3) is 20.0. The van der Waals surface area contributed by atoms with Gasteiger partial charge in [0.2, 0.25) is 11.8 Å². The van der Waals surface area contributed by atoms with E-state index >= 15 is 0 Å². The number of carbonyl (C=O) groups is 2. The summed E-state index contributed by atoms with van der Waals surface area (Å²) in [4.78, 5) is 109. The molecule has 34 heteroatoms. The predicted molar refractivity (Wildman–Crippen MR) is 575 cm³/mol. The van der Waals surface area contributed by atoms with E-state index in [4.69, 9.17) is 19.9 Å². The Morgan fingerprint density at radius 2 is 0.676 bits per heavy atom. The summed E-state index contributed by atoms with van der Waals surface area (Å²) >= 11 is 0. The van der Waals surface area contributed by atoms with Crippen molar-refractivity contribution in [3.05, 3.63) is 341 Å². The highest BCUT2D eigenvalue weighted by Crippen LogP contribution is 2.41. The van der Waals surface area contributed by atoms with E-state index in [0.717, 1.165) is 226 Å². The molecule has 0 atom stereocenters. The van der Waals surface area contributed by atoms with Crippen LogP contribution in [0.5, 0.6) is 0 Å². The molecular formula is C114H94N32O2. The maximum Gasteiger partial charge on any atom is 0.224 e. The third-order valence-corrected chi connectivity index (χ3v) is 25.9. The lowest BCUT2D eigenvalue weighted by molar-refractivity contribution is -0.117. The average Bonchev–Trinajstić information content (AvgIpc) is 1.63. The molecule has 0 unspecified atom stereocenters. The minimum Gasteiger partial charge on any atom is -0.335 e. The fourth-order valence-electron chi connectivity index (χ4n) is 18.8. The zero-order valence-electron chi connectivity index (χ0n) is 80.4. The highest BCUT2D eigenvalue weighted by molar-refractivity contribution is 6.04. The number of aromatic amines is 8. The van der Waals surface area contributed by atoms with Crippen molar-refractivity contribution in [3.8, 4) is 135 Å². The van der Waals surface area contributed by atoms with Gasteiger partial charge in [-0.15, -0.1) is 0 Å². The Morgan fingerprint density at radius 3 is 1.07 bits per heavy atom. The largest absolute Gasteiger partial charge is 0.335 e. The minimum absolute atomic E-state index is 0.0222. The van der Waals surface area contributed by atoms with Gasteiger partial charge in [0, 0.05) is 198 Å². The number of carbonyl (C=O) groups excluding carboxylic acids is 2. The summed E-state index contributed by atoms with van der Waals surface area (Å²) in [5, 5.41) is 47.5. The first-order chi connectivity index (χ1) is 72.8. The molecule has 2 amide bonds. The number of hydrogen-bond acceptors (Lipinski definition) is 24. The van der Waals surface area contributed by atoms with Crippen LogP contribution in [-0.4, -0.2) is 159 Å². The molecule has 722 valence electrons. The molecule has 0 spiro atoms. The fourth-order valence-corrected chi connectivity index (χ4v) is 18.8. The van der Waals surface area contributed by atoms with Crippen LogP contribution in [0.2, 0.25) is 0 Å². The Morgan fingerprint density at radius 1 is 0.318 bits per heavy atom. The molecule has 34 nitrogen and oxygen atoms in total. The Balaban J connectivity index is 0.000000109. The molecule has 1 aliphatic rings. The Hall–Kier alpha value is -19.5. The highest BCUT2D eigenvalue weighted by atomic mass is 16.2. The molecule has 0 aliphatic heterocycles. The molecule has 1 fully saturated rings. The summed E-state index contributed by atoms with van der Waals surface area (Å²) in [6.45, 7) is 8.98. The third-order valence-electron chi connectivity index (χ3n) is 25.9. The lowest BCUT2D eigenvalue weighted by atomic mass is 10.0. The van der Waals surface area contributed by atoms with Gasteiger partial charge in [0.25, 0.3) is 0 Å². The zero-order chi connectivity index (χ0) is 99.8. The molecule has 0 bridgehead atoms. The lowest BCUT2D eigenvalue weighted by Crippen LogP contribution is -2.20. The molecule has 12 N–H and O–H groups in total. The van der Waals surface area contributed by atoms with Crippen molar-refractivity contribution in [1.82, 2.24) is 151 Å². The maximum atomic E-state index is 12.2. The van der Waals surface area contributed by atoms with Crippen LogP contribution in [-0.2, 0) is 29.2 Å². The standard InChI is InChI=1S/C31H24N8.C30H28N8.C28H24N8O.C25H18N8O/c1-2-4-20(5-3-1)14-33-15-21-12-24(17-34-16-21)23-6-7-27-25(13-23)30(39-38-27)31-36-28-19-35-18-26(29(28)37-31)22-8-10-32-11-9-22;1-2-4-19(3-1)13-32-14-20-11-23(16-33-15-20)22-5-6-26-24(12-22)29(38-37-26)30-35-27-18-34-17-25(28(27)36-30)21-7-9-31-10-8-21;1-16(2)9-25(37)32-19-10-18(12-29-13-19)17-6-7-23-20(11-17)27(36-35-23)28-33-24-15-30-14-21(26(24)34-28)22-5-3-4-8-31-22;1-14(34)29-17-8-16(10-26-11-17)15-5-6-21-18(9-15)24(33-32-21)25-30-22-13-27-12-19(23(22)31-25)20-4-2-3-7-28-20/h1-13,16-19,33H,14-15H2,(H,36,37)(H,38,39);5-12,15-19,32H,1-4,13-14H2,(H,35,36)(H,37,38);3-8,10-16H,9H2,1-2H3,(H,32,37)(H,33,34)(H,35,36);2-13H,1H3,(H,29,34)(H,30,31)(H,32,33). The normalized spacial score (nSPS) is 12.1. The minimum atomic E-state index is -0.143. The highest BCUT2D eigenvalue weighted by Gasteiger charge is 2.25. The number of rotatable bonds is 24. The van der Waals surface area contributed by atoms with Gasteiger partial charge in [0.1, 0.15) is 33.8 Å². The number of benzene rings is 5. The quantitative estimate of drug-likeness (QED) is 0.0267. The number of amides is 2. The average molecular weight is 1940 g/mol. The van der Waals surface area contributed by atoms with E-state index in [1.165, 1.54) is 43.7 Å². The van der Waals surface area contributed by atoms with Gasteiger partial charge < -0.3 is 41.2 Å². The summed E-state index contributed by atoms with van der Waals surface area (Å²) < 4.78 is 0. The van der Waals surface area contributed by atoms with Crippen molar-refractivity contribution in [3.63, 3.8) is 0 Å². The first-order valence-electron chi connectivity index (χ1n) is 48.6. The van der Waals surface area contributed by atoms with Crippen molar-refractivity contribution in [1.29, 1.82) is 0 Å². The number of nitrogens with one attached hydrogen (secondary N) is 12. The van der Waals surface area contributed by atoms with Crippen LogP contribution in [0.25, 0.3) is 223 Å². The summed E-state index contributed by atoms with van der Waals surface area (Å²) in [5.74, 6) is 3.60. The van der Waals surface area contributed by atoms with Crippen molar-refractivity contribution < 1.29 is 9.59 Å². The van der Waals surface area contributed by atoms with Crippen LogP contribution in [0.3, 0.4) is 0 Å². The number of fused-ring (bicyclic) bond motifs is 8. The van der Waals surface area contributed by atoms with E-state index in [0.29, 0.717) is 52.5 Å². The summed E-state index contributed by atoms with van der Waals surface area (Å²) in [6.07, 6.45) is 45.3. The van der Waals surface area contributed by atoms with Gasteiger partial charge in [-0.25, -0.2) is 19.9 Å². The van der Waals surface area contributed by atoms with Gasteiger partial charge in [-0.05, 0) is 203 Å². The van der Waals surface area contributed by atoms with Crippen molar-refractivity contribution >= 4 is 111 Å². The molecule has 0 saturated heterocycles. The first kappa shape index (κ1) is 92.2. The van der Waals surface area contributed by atoms with Crippen LogP contribution in [0.15, 0.2) is 324 Å². The monoisotopic (exact) mass is 1940 g/mol. The zero-order valence-corrected chi connectivity index (χ0v) is 80.4. The van der Waals surface area contributed by atoms with Gasteiger partial charge in [-0.2, -0.15) is 20.4 Å². The number of aromatic nitrogens is 28. The molecule has 20 aromatic heterocycles. The van der Waals surface area contributed by atoms with Gasteiger partial charge in [-0.1, -0.05) is 93.4 Å². The van der Waals surface area contributed by atoms with Crippen molar-refractivity contribution in [2.45, 2.75) is 72.5 Å². The van der Waals surface area contributed by atoms with Gasteiger partial charge in [-0.3, -0.25) is 89.8 Å². The molecule has 1 saturated carbocycles. The van der Waals surface area contributed by atoms with E-state index in [1.54, 1.807) is 99.1 Å². The molecule has 25 aromatic rings. The number of hydrogen-bond donors (Lipinski definition) is 12. The number of pyridine rings is 12. The molecule has 1 aliphatic carbocycles. The maximum absolute atomic E-state index is 12.2. The van der Waals surface area contributed by atoms with E-state index in [9.17, 15) is 9.59 Å². The van der Waals surface area contributed by atoms with Gasteiger partial charge in [0.15, 0.2) is 23.3 Å². The fraction of sp³-hybridized carbons (Fsp3) is 0.123. The molecule has 148 heavy (non-hydrogen) atoms. The van der Waals surface area contributed by atoms with Crippen LogP contribution >= 0.6 is 0 Å². The van der Waals surface area contributed by atoms with Crippen molar-refractivity contribution in [2.75, 3.05) is 17.2 Å². The molecule has 0 radical (unpaired) electrons. The second-order valence-corrected chi connectivity index (χ2v) is 36.7. The molecule has 20 heterocycles. The second kappa shape index (κ2) is 41.6. The predicted octanol–water partition coefficient (Wildman–Crippen LogP) is 22.0. The smallest absolute Gasteiger partial charge is 0.224 e. The SMILES string of the molecule is CC(=O)Nc1cncc(-c2ccc3[nH]nc(-c4nc5c(-c6ccccn6)cncc5[nH]4)c3c2)c1.CC(C)CC(=O)Nc1cncc(-c2ccc3[nH]nc(-c4nc5c(-c6ccccn6)cncc5[nH]4)c3c2)c1.c1cc(-c2cncc3[nH]c(-c4n[nH]c5ccc(-c6cncc(CNCC7CCCC7)c6)cc45)nc23)ccn1.c1ccc(CNCc2cncc(-c3ccc4[nH]nc(-c5nc6c(-c7ccncc7)cncc6[nH]5)c4c3)c2)cc1. The summed E-state index contributed by atoms with van der Waals surface area (Å²) in [5.41, 5.74) is 33.3. The first-order valence-corrected chi connectivity index (χ1v) is 48.6. The van der Waals surface area contributed by atoms with E-state index in [-0.39, 0.29) is 17.7 Å². The van der Waals surface area contributed by atoms with Gasteiger partial charge >= 0.3 is 0 Å². The Bertz CT molecular complexity index is 9100. The van der Waals surface area contributed by atoms with Crippen LogP contribution in [0.1, 0.15) is 69.6 Å². The summed E-state index contributed by atoms with van der Waals surface area (Å²) in [7, 11) is 0. The number of H-pyrrole nitrogens is 8. The number of anilines is 2. The molecule has 26 rings (SSSR count). The Labute approximate surface area is 844 Å². The van der Waals surface area contributed by atoms with Crippen molar-refractivity contribution in [2.24, 2.45) is 11.8 Å². The van der Waals surface area contributed by atoms with E-state index < -0.39 is 0 Å². The topological polar surface area (TPSA) is 466 Å². The second-order valence-electron chi connectivity index (χ2n) is 36.7. The van der Waals surface area contributed by atoms with E-state index in [2.05, 4.69) is 215 Å². The van der Waals surface area contributed by atoms with Crippen LogP contribution in [0.4, 0.5) is 11.4 Å².